The average Bonchev–Trinajstić information content (AvgIpc) is 3.14. The third kappa shape index (κ3) is 6.22. The number of hydrogen-bond acceptors (Lipinski definition) is 5. The monoisotopic (exact) mass is 590 g/mol. The van der Waals surface area contributed by atoms with E-state index in [1.54, 1.807) is 24.1 Å². The molecule has 3 aromatic rings. The number of benzene rings is 3. The lowest BCUT2D eigenvalue weighted by Crippen LogP contribution is -2.28. The summed E-state index contributed by atoms with van der Waals surface area (Å²) < 4.78 is 12.2. The summed E-state index contributed by atoms with van der Waals surface area (Å²) in [5.74, 6) is 1.30. The van der Waals surface area contributed by atoms with Crippen molar-refractivity contribution in [3.8, 4) is 11.5 Å². The van der Waals surface area contributed by atoms with Gasteiger partial charge in [-0.05, 0) is 84.9 Å². The fraction of sp³-hybridized carbons (Fsp3) is 0.154. The number of aliphatic imine (C=N–C) groups is 1. The van der Waals surface area contributed by atoms with E-state index < -0.39 is 0 Å². The zero-order chi connectivity index (χ0) is 24.9. The molecular weight excluding hydrogens is 571 g/mol. The first kappa shape index (κ1) is 25.6. The highest BCUT2D eigenvalue weighted by Crippen LogP contribution is 2.36. The highest BCUT2D eigenvalue weighted by molar-refractivity contribution is 9.10. The van der Waals surface area contributed by atoms with Crippen molar-refractivity contribution in [1.29, 1.82) is 0 Å². The first-order chi connectivity index (χ1) is 16.9. The Morgan fingerprint density at radius 2 is 1.83 bits per heavy atom. The molecule has 0 radical (unpaired) electrons. The molecule has 1 fully saturated rings. The second-order valence-electron chi connectivity index (χ2n) is 7.47. The molecule has 4 rings (SSSR count). The minimum absolute atomic E-state index is 0.0971. The number of carbonyl (C=O) groups is 1. The Balaban J connectivity index is 1.60. The number of amides is 1. The molecule has 9 heteroatoms. The molecule has 0 unspecified atom stereocenters. The highest BCUT2D eigenvalue weighted by atomic mass is 79.9. The predicted molar refractivity (Wildman–Crippen MR) is 148 cm³/mol. The maximum atomic E-state index is 13.1. The number of hydrogen-bond donors (Lipinski definition) is 0. The van der Waals surface area contributed by atoms with Gasteiger partial charge in [-0.25, -0.2) is 4.99 Å². The number of nitrogens with zero attached hydrogens (tertiary/aromatic N) is 2. The van der Waals surface area contributed by atoms with Gasteiger partial charge < -0.3 is 9.47 Å². The van der Waals surface area contributed by atoms with Gasteiger partial charge in [-0.1, -0.05) is 45.2 Å². The molecule has 1 saturated heterocycles. The van der Waals surface area contributed by atoms with E-state index in [-0.39, 0.29) is 5.91 Å². The van der Waals surface area contributed by atoms with Gasteiger partial charge in [-0.3, -0.25) is 9.69 Å². The first-order valence-electron chi connectivity index (χ1n) is 10.7. The number of carbonyl (C=O) groups excluding carboxylic acids is 1. The van der Waals surface area contributed by atoms with Crippen LogP contribution >= 0.6 is 50.9 Å². The molecule has 1 amide bonds. The summed E-state index contributed by atoms with van der Waals surface area (Å²) >= 11 is 17.0. The van der Waals surface area contributed by atoms with Crippen LogP contribution in [0.25, 0.3) is 6.08 Å². The average molecular weight is 592 g/mol. The van der Waals surface area contributed by atoms with Crippen molar-refractivity contribution in [3.63, 3.8) is 0 Å². The molecule has 0 spiro atoms. The maximum absolute atomic E-state index is 13.1. The van der Waals surface area contributed by atoms with E-state index in [1.807, 2.05) is 61.5 Å². The Morgan fingerprint density at radius 1 is 1.06 bits per heavy atom. The van der Waals surface area contributed by atoms with Crippen molar-refractivity contribution in [1.82, 2.24) is 4.90 Å². The van der Waals surface area contributed by atoms with E-state index in [9.17, 15) is 4.79 Å². The van der Waals surface area contributed by atoms with E-state index in [4.69, 9.17) is 32.7 Å². The van der Waals surface area contributed by atoms with Crippen LogP contribution in [0.2, 0.25) is 10.0 Å². The number of ether oxygens (including phenoxy) is 2. The Kier molecular flexibility index (Phi) is 8.44. The lowest BCUT2D eigenvalue weighted by Gasteiger charge is -2.12. The van der Waals surface area contributed by atoms with Crippen LogP contribution in [-0.2, 0) is 11.4 Å². The van der Waals surface area contributed by atoms with Gasteiger partial charge in [0.2, 0.25) is 0 Å². The topological polar surface area (TPSA) is 51.1 Å². The van der Waals surface area contributed by atoms with Gasteiger partial charge in [-0.15, -0.1) is 0 Å². The Hall–Kier alpha value is -2.45. The molecule has 0 atom stereocenters. The standard InChI is InChI=1S/C26H21BrCl2N2O3S/c1-3-31-25(32)24(35-26(31)30-19-6-8-20(33-2)9-7-19)14-17-13-18(27)5-11-23(17)34-15-16-4-10-21(28)22(29)12-16/h4-14H,3,15H2,1-2H3/b24-14+,30-26?. The van der Waals surface area contributed by atoms with E-state index in [1.165, 1.54) is 11.8 Å². The minimum Gasteiger partial charge on any atom is -0.497 e. The summed E-state index contributed by atoms with van der Waals surface area (Å²) in [6.45, 7) is 2.74. The molecule has 3 aromatic carbocycles. The summed E-state index contributed by atoms with van der Waals surface area (Å²) in [6, 6.07) is 18.4. The van der Waals surface area contributed by atoms with Crippen LogP contribution in [0.15, 0.2) is 75.0 Å². The molecular formula is C26H21BrCl2N2O3S. The molecule has 0 bridgehead atoms. The van der Waals surface area contributed by atoms with Gasteiger partial charge >= 0.3 is 0 Å². The predicted octanol–water partition coefficient (Wildman–Crippen LogP) is 7.97. The van der Waals surface area contributed by atoms with E-state index in [0.29, 0.717) is 39.0 Å². The van der Waals surface area contributed by atoms with Gasteiger partial charge in [0.1, 0.15) is 18.1 Å². The molecule has 0 N–H and O–H groups in total. The summed E-state index contributed by atoms with van der Waals surface area (Å²) in [5, 5.41) is 1.60. The summed E-state index contributed by atoms with van der Waals surface area (Å²) in [6.07, 6.45) is 1.83. The van der Waals surface area contributed by atoms with Crippen molar-refractivity contribution in [2.45, 2.75) is 13.5 Å². The minimum atomic E-state index is -0.0971. The Bertz CT molecular complexity index is 1310. The molecule has 1 aliphatic heterocycles. The second kappa shape index (κ2) is 11.5. The lowest BCUT2D eigenvalue weighted by molar-refractivity contribution is -0.122. The van der Waals surface area contributed by atoms with Crippen molar-refractivity contribution in [2.24, 2.45) is 4.99 Å². The van der Waals surface area contributed by atoms with Crippen LogP contribution < -0.4 is 9.47 Å². The number of rotatable bonds is 7. The largest absolute Gasteiger partial charge is 0.497 e. The number of likely N-dealkylation sites (N-methyl/N-ethyl adjacent to an activating group) is 1. The third-order valence-corrected chi connectivity index (χ3v) is 7.38. The molecule has 180 valence electrons. The fourth-order valence-electron chi connectivity index (χ4n) is 3.33. The first-order valence-corrected chi connectivity index (χ1v) is 13.0. The smallest absolute Gasteiger partial charge is 0.266 e. The highest BCUT2D eigenvalue weighted by Gasteiger charge is 2.32. The molecule has 0 aliphatic carbocycles. The van der Waals surface area contributed by atoms with Gasteiger partial charge in [0.05, 0.1) is 27.7 Å². The van der Waals surface area contributed by atoms with Crippen LogP contribution in [-0.4, -0.2) is 29.6 Å². The van der Waals surface area contributed by atoms with Crippen molar-refractivity contribution in [2.75, 3.05) is 13.7 Å². The third-order valence-electron chi connectivity index (χ3n) is 5.14. The molecule has 1 heterocycles. The van der Waals surface area contributed by atoms with Gasteiger partial charge in [0.25, 0.3) is 5.91 Å². The fourth-order valence-corrected chi connectivity index (χ4v) is 5.09. The molecule has 0 aromatic heterocycles. The summed E-state index contributed by atoms with van der Waals surface area (Å²) in [4.78, 5) is 20.1. The molecule has 35 heavy (non-hydrogen) atoms. The van der Waals surface area contributed by atoms with E-state index >= 15 is 0 Å². The molecule has 1 aliphatic rings. The van der Waals surface area contributed by atoms with Crippen molar-refractivity contribution < 1.29 is 14.3 Å². The van der Waals surface area contributed by atoms with Crippen LogP contribution in [0.5, 0.6) is 11.5 Å². The van der Waals surface area contributed by atoms with Gasteiger partial charge in [-0.2, -0.15) is 0 Å². The zero-order valence-electron chi connectivity index (χ0n) is 18.9. The number of halogens is 3. The van der Waals surface area contributed by atoms with Crippen molar-refractivity contribution >= 4 is 73.7 Å². The van der Waals surface area contributed by atoms with Crippen LogP contribution in [0, 0.1) is 0 Å². The van der Waals surface area contributed by atoms with Crippen LogP contribution in [0.1, 0.15) is 18.1 Å². The lowest BCUT2D eigenvalue weighted by atomic mass is 10.1. The summed E-state index contributed by atoms with van der Waals surface area (Å²) in [5.41, 5.74) is 2.41. The second-order valence-corrected chi connectivity index (χ2v) is 10.2. The number of methoxy groups -OCH3 is 1. The van der Waals surface area contributed by atoms with Gasteiger partial charge in [0, 0.05) is 16.6 Å². The van der Waals surface area contributed by atoms with Crippen LogP contribution in [0.3, 0.4) is 0 Å². The quantitative estimate of drug-likeness (QED) is 0.261. The van der Waals surface area contributed by atoms with Gasteiger partial charge in [0.15, 0.2) is 5.17 Å². The van der Waals surface area contributed by atoms with Crippen molar-refractivity contribution in [3.05, 3.63) is 91.2 Å². The normalized spacial score (nSPS) is 15.8. The Morgan fingerprint density at radius 3 is 2.51 bits per heavy atom. The zero-order valence-corrected chi connectivity index (χ0v) is 22.8. The maximum Gasteiger partial charge on any atom is 0.266 e. The Labute approximate surface area is 226 Å². The molecule has 5 nitrogen and oxygen atoms in total. The summed E-state index contributed by atoms with van der Waals surface area (Å²) in [7, 11) is 1.62. The van der Waals surface area contributed by atoms with E-state index in [0.717, 1.165) is 27.0 Å². The molecule has 0 saturated carbocycles. The number of thioether (sulfide) groups is 1. The number of amidine groups is 1. The van der Waals surface area contributed by atoms with Crippen LogP contribution in [0.4, 0.5) is 5.69 Å². The SMILES string of the molecule is CCN1C(=O)/C(=C\c2cc(Br)ccc2OCc2ccc(Cl)c(Cl)c2)SC1=Nc1ccc(OC)cc1. The van der Waals surface area contributed by atoms with E-state index in [2.05, 4.69) is 20.9 Å².